The zero-order valence-electron chi connectivity index (χ0n) is 20.3. The van der Waals surface area contributed by atoms with Crippen LogP contribution >= 0.6 is 0 Å². The molecule has 7 heteroatoms. The standard InChI is InChI=1S/C28H31N5O2/c1-18-10-23(17-30-31-27-26(33(34)35)4-3-9-29-27)19(2)32(18)25-7-5-24(6-8-25)28-14-20-11-21(15-28)13-22(12-20)16-28/h3-10,17,20-22H,11-16H2,1-2H3,(H,29,31)/b30-17-. The third kappa shape index (κ3) is 3.83. The Kier molecular flexibility index (Phi) is 5.24. The fraction of sp³-hybridized carbons (Fsp3) is 0.429. The number of anilines is 1. The van der Waals surface area contributed by atoms with Crippen molar-refractivity contribution in [2.45, 2.75) is 57.8 Å². The molecule has 0 amide bonds. The van der Waals surface area contributed by atoms with Crippen LogP contribution in [0.2, 0.25) is 0 Å². The van der Waals surface area contributed by atoms with Gasteiger partial charge in [-0.2, -0.15) is 5.10 Å². The summed E-state index contributed by atoms with van der Waals surface area (Å²) in [5.74, 6) is 2.95. The molecular formula is C28H31N5O2. The average molecular weight is 470 g/mol. The molecule has 4 saturated carbocycles. The minimum atomic E-state index is -0.468. The minimum absolute atomic E-state index is 0.103. The van der Waals surface area contributed by atoms with Crippen LogP contribution < -0.4 is 5.43 Å². The molecule has 3 aromatic rings. The van der Waals surface area contributed by atoms with Crippen molar-refractivity contribution in [2.75, 3.05) is 5.43 Å². The Bertz CT molecular complexity index is 1270. The molecule has 0 spiro atoms. The third-order valence-electron chi connectivity index (χ3n) is 8.60. The second-order valence-electron chi connectivity index (χ2n) is 10.9. The summed E-state index contributed by atoms with van der Waals surface area (Å²) in [6.45, 7) is 4.17. The van der Waals surface area contributed by atoms with Crippen LogP contribution in [-0.4, -0.2) is 20.7 Å². The molecule has 0 radical (unpaired) electrons. The van der Waals surface area contributed by atoms with Gasteiger partial charge in [0.2, 0.25) is 5.82 Å². The lowest BCUT2D eigenvalue weighted by molar-refractivity contribution is -0.384. The molecule has 180 valence electrons. The van der Waals surface area contributed by atoms with Gasteiger partial charge in [-0.3, -0.25) is 15.5 Å². The Labute approximate surface area is 205 Å². The number of pyridine rings is 1. The highest BCUT2D eigenvalue weighted by Gasteiger charge is 2.51. The van der Waals surface area contributed by atoms with Crippen molar-refractivity contribution in [1.29, 1.82) is 0 Å². The second kappa shape index (κ2) is 8.33. The van der Waals surface area contributed by atoms with Gasteiger partial charge in [0.15, 0.2) is 0 Å². The molecule has 1 N–H and O–H groups in total. The Hall–Kier alpha value is -3.48. The zero-order chi connectivity index (χ0) is 24.2. The van der Waals surface area contributed by atoms with Crippen molar-refractivity contribution >= 4 is 17.7 Å². The van der Waals surface area contributed by atoms with Crippen molar-refractivity contribution in [3.63, 3.8) is 0 Å². The van der Waals surface area contributed by atoms with Crippen LogP contribution in [0.3, 0.4) is 0 Å². The predicted molar refractivity (Wildman–Crippen MR) is 137 cm³/mol. The van der Waals surface area contributed by atoms with Gasteiger partial charge in [-0.05, 0) is 105 Å². The lowest BCUT2D eigenvalue weighted by atomic mass is 9.48. The molecule has 1 aromatic carbocycles. The summed E-state index contributed by atoms with van der Waals surface area (Å²) in [5.41, 5.74) is 8.86. The van der Waals surface area contributed by atoms with E-state index in [2.05, 4.69) is 64.3 Å². The summed E-state index contributed by atoms with van der Waals surface area (Å²) in [7, 11) is 0. The maximum atomic E-state index is 11.2. The molecule has 4 fully saturated rings. The SMILES string of the molecule is Cc1cc(/C=N\Nc2ncccc2[N+](=O)[O-])c(C)n1-c1ccc(C23CC4CC(CC(C4)C2)C3)cc1. The molecule has 4 aliphatic rings. The molecule has 4 bridgehead atoms. The molecule has 0 aliphatic heterocycles. The lowest BCUT2D eigenvalue weighted by Gasteiger charge is -2.57. The van der Waals surface area contributed by atoms with Crippen LogP contribution in [0.4, 0.5) is 11.5 Å². The number of benzene rings is 1. The highest BCUT2D eigenvalue weighted by atomic mass is 16.6. The highest BCUT2D eigenvalue weighted by molar-refractivity contribution is 5.83. The van der Waals surface area contributed by atoms with Crippen molar-refractivity contribution in [3.05, 3.63) is 81.3 Å². The Morgan fingerprint density at radius 1 is 1.09 bits per heavy atom. The summed E-state index contributed by atoms with van der Waals surface area (Å²) in [5, 5.41) is 15.4. The van der Waals surface area contributed by atoms with Gasteiger partial charge in [0, 0.05) is 34.9 Å². The van der Waals surface area contributed by atoms with Crippen LogP contribution in [0.25, 0.3) is 5.69 Å². The number of hydrogen-bond acceptors (Lipinski definition) is 5. The first-order valence-electron chi connectivity index (χ1n) is 12.6. The zero-order valence-corrected chi connectivity index (χ0v) is 20.3. The Balaban J connectivity index is 1.23. The Morgan fingerprint density at radius 2 is 1.74 bits per heavy atom. The molecule has 2 heterocycles. The van der Waals surface area contributed by atoms with E-state index in [0.29, 0.717) is 5.41 Å². The van der Waals surface area contributed by atoms with Gasteiger partial charge in [0.25, 0.3) is 0 Å². The monoisotopic (exact) mass is 469 g/mol. The Morgan fingerprint density at radius 3 is 2.37 bits per heavy atom. The number of nitrogens with one attached hydrogen (secondary N) is 1. The first kappa shape index (κ1) is 22.0. The number of nitrogens with zero attached hydrogens (tertiary/aromatic N) is 4. The van der Waals surface area contributed by atoms with Crippen LogP contribution in [0.15, 0.2) is 53.8 Å². The molecule has 2 aromatic heterocycles. The van der Waals surface area contributed by atoms with Gasteiger partial charge in [-0.1, -0.05) is 12.1 Å². The number of nitro groups is 1. The number of aryl methyl sites for hydroxylation is 1. The van der Waals surface area contributed by atoms with Gasteiger partial charge in [0.1, 0.15) is 0 Å². The van der Waals surface area contributed by atoms with Crippen LogP contribution in [-0.2, 0) is 5.41 Å². The van der Waals surface area contributed by atoms with Crippen molar-refractivity contribution in [3.8, 4) is 5.69 Å². The molecule has 35 heavy (non-hydrogen) atoms. The quantitative estimate of drug-likeness (QED) is 0.260. The number of aromatic nitrogens is 2. The first-order chi connectivity index (χ1) is 16.9. The van der Waals surface area contributed by atoms with Crippen molar-refractivity contribution < 1.29 is 4.92 Å². The maximum Gasteiger partial charge on any atom is 0.313 e. The molecule has 0 unspecified atom stereocenters. The maximum absolute atomic E-state index is 11.2. The number of hydrazone groups is 1. The fourth-order valence-electron chi connectivity index (χ4n) is 7.54. The van der Waals surface area contributed by atoms with E-state index in [9.17, 15) is 10.1 Å². The van der Waals surface area contributed by atoms with Gasteiger partial charge in [0.05, 0.1) is 11.1 Å². The second-order valence-corrected chi connectivity index (χ2v) is 10.9. The summed E-state index contributed by atoms with van der Waals surface area (Å²) < 4.78 is 2.24. The third-order valence-corrected chi connectivity index (χ3v) is 8.60. The molecule has 0 atom stereocenters. The summed E-state index contributed by atoms with van der Waals surface area (Å²) >= 11 is 0. The molecule has 7 nitrogen and oxygen atoms in total. The molecule has 0 saturated heterocycles. The first-order valence-corrected chi connectivity index (χ1v) is 12.6. The van der Waals surface area contributed by atoms with E-state index in [4.69, 9.17) is 0 Å². The van der Waals surface area contributed by atoms with Gasteiger partial charge >= 0.3 is 5.69 Å². The highest BCUT2D eigenvalue weighted by Crippen LogP contribution is 2.60. The van der Waals surface area contributed by atoms with Crippen LogP contribution in [0.5, 0.6) is 0 Å². The summed E-state index contributed by atoms with van der Waals surface area (Å²) in [4.78, 5) is 14.7. The molecule has 4 aliphatic carbocycles. The van der Waals surface area contributed by atoms with Crippen molar-refractivity contribution in [2.24, 2.45) is 22.9 Å². The van der Waals surface area contributed by atoms with Crippen LogP contribution in [0.1, 0.15) is 61.0 Å². The van der Waals surface area contributed by atoms with E-state index >= 15 is 0 Å². The average Bonchev–Trinajstić information content (AvgIpc) is 3.11. The smallest absolute Gasteiger partial charge is 0.313 e. The largest absolute Gasteiger partial charge is 0.318 e. The van der Waals surface area contributed by atoms with E-state index in [1.807, 2.05) is 0 Å². The minimum Gasteiger partial charge on any atom is -0.318 e. The fourth-order valence-corrected chi connectivity index (χ4v) is 7.54. The normalized spacial score (nSPS) is 27.0. The van der Waals surface area contributed by atoms with E-state index in [1.165, 1.54) is 62.4 Å². The number of hydrogen-bond donors (Lipinski definition) is 1. The van der Waals surface area contributed by atoms with Gasteiger partial charge in [-0.15, -0.1) is 0 Å². The lowest BCUT2D eigenvalue weighted by Crippen LogP contribution is -2.48. The van der Waals surface area contributed by atoms with E-state index in [-0.39, 0.29) is 11.5 Å². The van der Waals surface area contributed by atoms with Crippen LogP contribution in [0, 0.1) is 41.7 Å². The van der Waals surface area contributed by atoms with E-state index in [0.717, 1.165) is 40.4 Å². The molecule has 7 rings (SSSR count). The van der Waals surface area contributed by atoms with Gasteiger partial charge < -0.3 is 4.57 Å². The topological polar surface area (TPSA) is 85.3 Å². The van der Waals surface area contributed by atoms with Gasteiger partial charge in [-0.25, -0.2) is 4.98 Å². The van der Waals surface area contributed by atoms with Crippen molar-refractivity contribution in [1.82, 2.24) is 9.55 Å². The predicted octanol–water partition coefficient (Wildman–Crippen LogP) is 6.31. The summed E-state index contributed by atoms with van der Waals surface area (Å²) in [6, 6.07) is 14.3. The van der Waals surface area contributed by atoms with E-state index < -0.39 is 4.92 Å². The summed E-state index contributed by atoms with van der Waals surface area (Å²) in [6.07, 6.45) is 11.7. The van der Waals surface area contributed by atoms with E-state index in [1.54, 1.807) is 6.21 Å². The molecular weight excluding hydrogens is 438 g/mol. The number of rotatable bonds is 6.